The Morgan fingerprint density at radius 2 is 0.622 bits per heavy atom. The molecule has 1 nitrogen and oxygen atoms in total. The number of nitrogens with one attached hydrogen (secondary N) is 1. The van der Waals surface area contributed by atoms with E-state index in [1.54, 1.807) is 0 Å². The second-order valence-electron chi connectivity index (χ2n) is 11.8. The van der Waals surface area contributed by atoms with Gasteiger partial charge in [0, 0.05) is 6.54 Å². The van der Waals surface area contributed by atoms with E-state index in [0.29, 0.717) is 0 Å². The zero-order chi connectivity index (χ0) is 26.7. The Kier molecular flexibility index (Phi) is 35.4. The third kappa shape index (κ3) is 35.7. The van der Waals surface area contributed by atoms with Crippen molar-refractivity contribution < 1.29 is 0 Å². The molecule has 0 unspecified atom stereocenters. The minimum atomic E-state index is 1.18. The van der Waals surface area contributed by atoms with Gasteiger partial charge in [-0.25, -0.2) is 0 Å². The summed E-state index contributed by atoms with van der Waals surface area (Å²) in [7, 11) is 0. The summed E-state index contributed by atoms with van der Waals surface area (Å²) in [6.07, 6.45) is 47.3. The molecule has 0 amide bonds. The Bertz CT molecular complexity index is 401. The highest BCUT2D eigenvalue weighted by Gasteiger charge is 1.96. The van der Waals surface area contributed by atoms with Crippen molar-refractivity contribution in [2.24, 2.45) is 0 Å². The highest BCUT2D eigenvalue weighted by Crippen LogP contribution is 2.14. The molecule has 37 heavy (non-hydrogen) atoms. The van der Waals surface area contributed by atoms with Crippen molar-refractivity contribution in [1.82, 2.24) is 5.32 Å². The van der Waals surface area contributed by atoms with Gasteiger partial charge in [-0.3, -0.25) is 0 Å². The number of hydrogen-bond acceptors (Lipinski definition) is 1. The van der Waals surface area contributed by atoms with Gasteiger partial charge in [0.25, 0.3) is 0 Å². The smallest absolute Gasteiger partial charge is 0.0221 e. The molecule has 0 heterocycles. The predicted molar refractivity (Wildman–Crippen MR) is 171 cm³/mol. The van der Waals surface area contributed by atoms with Gasteiger partial charge in [-0.15, -0.1) is 0 Å². The Balaban J connectivity index is 3.05. The van der Waals surface area contributed by atoms with Crippen LogP contribution in [0.15, 0.2) is 12.2 Å². The molecule has 221 valence electrons. The molecule has 0 aliphatic rings. The number of hydrogen-bond donors (Lipinski definition) is 1. The average Bonchev–Trinajstić information content (AvgIpc) is 2.91. The van der Waals surface area contributed by atoms with Gasteiger partial charge in [0.05, 0.1) is 0 Å². The van der Waals surface area contributed by atoms with Crippen LogP contribution in [0.4, 0.5) is 0 Å². The van der Waals surface area contributed by atoms with E-state index < -0.39 is 0 Å². The van der Waals surface area contributed by atoms with Crippen LogP contribution >= 0.6 is 0 Å². The fraction of sp³-hybridized carbons (Fsp3) is 0.917. The van der Waals surface area contributed by atoms with Crippen LogP contribution in [0.1, 0.15) is 206 Å². The monoisotopic (exact) mass is 519 g/mol. The van der Waals surface area contributed by atoms with Gasteiger partial charge in [-0.1, -0.05) is 180 Å². The second-order valence-corrected chi connectivity index (χ2v) is 11.8. The fourth-order valence-electron chi connectivity index (χ4n) is 5.30. The van der Waals surface area contributed by atoms with Crippen molar-refractivity contribution >= 4 is 0 Å². The van der Waals surface area contributed by atoms with Crippen LogP contribution in [0, 0.1) is 6.54 Å². The minimum absolute atomic E-state index is 1.18. The van der Waals surface area contributed by atoms with Gasteiger partial charge in [0.1, 0.15) is 0 Å². The third-order valence-electron chi connectivity index (χ3n) is 7.93. The molecule has 0 aliphatic carbocycles. The SMILES string of the molecule is CCCCCCCC/C=C\CCCCCCC[CH]NCCCCCCCCCCCCCCCCCC. The maximum atomic E-state index is 3.55. The summed E-state index contributed by atoms with van der Waals surface area (Å²) < 4.78 is 0. The molecule has 1 N–H and O–H groups in total. The lowest BCUT2D eigenvalue weighted by Crippen LogP contribution is -2.11. The van der Waals surface area contributed by atoms with Gasteiger partial charge >= 0.3 is 0 Å². The van der Waals surface area contributed by atoms with Gasteiger partial charge in [0.2, 0.25) is 0 Å². The number of allylic oxidation sites excluding steroid dienone is 2. The van der Waals surface area contributed by atoms with Crippen molar-refractivity contribution in [3.63, 3.8) is 0 Å². The first-order valence-corrected chi connectivity index (χ1v) is 17.6. The Morgan fingerprint density at radius 1 is 0.324 bits per heavy atom. The first-order valence-electron chi connectivity index (χ1n) is 17.6. The first-order chi connectivity index (χ1) is 18.4. The summed E-state index contributed by atoms with van der Waals surface area (Å²) in [5, 5.41) is 3.55. The third-order valence-corrected chi connectivity index (χ3v) is 7.93. The topological polar surface area (TPSA) is 12.0 Å². The average molecular weight is 519 g/mol. The summed E-state index contributed by atoms with van der Waals surface area (Å²) in [6, 6.07) is 0. The van der Waals surface area contributed by atoms with Crippen LogP contribution < -0.4 is 5.32 Å². The maximum Gasteiger partial charge on any atom is 0.0221 e. The van der Waals surface area contributed by atoms with E-state index >= 15 is 0 Å². The Hall–Kier alpha value is -0.300. The molecule has 0 spiro atoms. The molecule has 0 saturated heterocycles. The van der Waals surface area contributed by atoms with Crippen LogP contribution in [0.2, 0.25) is 0 Å². The van der Waals surface area contributed by atoms with Crippen LogP contribution in [-0.2, 0) is 0 Å². The van der Waals surface area contributed by atoms with Gasteiger partial charge in [-0.05, 0) is 45.1 Å². The van der Waals surface area contributed by atoms with Crippen LogP contribution in [0.3, 0.4) is 0 Å². The summed E-state index contributed by atoms with van der Waals surface area (Å²) in [6.45, 7) is 8.11. The van der Waals surface area contributed by atoms with Crippen molar-refractivity contribution in [3.8, 4) is 0 Å². The lowest BCUT2D eigenvalue weighted by molar-refractivity contribution is 0.526. The van der Waals surface area contributed by atoms with E-state index in [1.165, 1.54) is 199 Å². The van der Waals surface area contributed by atoms with E-state index in [9.17, 15) is 0 Å². The molecule has 1 radical (unpaired) electrons. The molecule has 0 aromatic heterocycles. The molecular formula is C36H72N. The molecular weight excluding hydrogens is 446 g/mol. The van der Waals surface area contributed by atoms with E-state index in [4.69, 9.17) is 0 Å². The first kappa shape index (κ1) is 36.7. The highest BCUT2D eigenvalue weighted by molar-refractivity contribution is 4.81. The highest BCUT2D eigenvalue weighted by atomic mass is 14.8. The number of unbranched alkanes of at least 4 members (excludes halogenated alkanes) is 27. The van der Waals surface area contributed by atoms with E-state index in [2.05, 4.69) is 37.9 Å². The summed E-state index contributed by atoms with van der Waals surface area (Å²) in [4.78, 5) is 0. The lowest BCUT2D eigenvalue weighted by atomic mass is 10.0. The summed E-state index contributed by atoms with van der Waals surface area (Å²) in [5.41, 5.74) is 0. The fourth-order valence-corrected chi connectivity index (χ4v) is 5.30. The molecule has 0 bridgehead atoms. The standard InChI is InChI=1S/C36H72N/c1-3-5-7-9-11-13-15-17-19-21-23-25-27-29-31-33-35-37-36-34-32-30-28-26-24-22-20-18-16-14-12-10-8-6-4-2/h17,19,35,37H,3-16,18,20-34,36H2,1-2H3/b19-17-. The predicted octanol–water partition coefficient (Wildman–Crippen LogP) is 13.0. The molecule has 0 saturated carbocycles. The van der Waals surface area contributed by atoms with Gasteiger partial charge in [0.15, 0.2) is 0 Å². The molecule has 0 rings (SSSR count). The van der Waals surface area contributed by atoms with Crippen LogP contribution in [0.25, 0.3) is 0 Å². The minimum Gasteiger partial charge on any atom is -0.312 e. The molecule has 0 atom stereocenters. The number of rotatable bonds is 33. The van der Waals surface area contributed by atoms with Gasteiger partial charge < -0.3 is 5.32 Å². The van der Waals surface area contributed by atoms with Crippen molar-refractivity contribution in [3.05, 3.63) is 18.7 Å². The Labute approximate surface area is 236 Å². The molecule has 1 heteroatoms. The zero-order valence-corrected chi connectivity index (χ0v) is 26.2. The normalized spacial score (nSPS) is 11.7. The molecule has 0 aliphatic heterocycles. The van der Waals surface area contributed by atoms with Crippen molar-refractivity contribution in [1.29, 1.82) is 0 Å². The quantitative estimate of drug-likeness (QED) is 0.0672. The van der Waals surface area contributed by atoms with E-state index in [0.717, 1.165) is 0 Å². The lowest BCUT2D eigenvalue weighted by Gasteiger charge is -2.05. The summed E-state index contributed by atoms with van der Waals surface area (Å²) in [5.74, 6) is 0. The molecule has 0 aromatic carbocycles. The zero-order valence-electron chi connectivity index (χ0n) is 26.2. The van der Waals surface area contributed by atoms with Crippen molar-refractivity contribution in [2.75, 3.05) is 6.54 Å². The Morgan fingerprint density at radius 3 is 1.00 bits per heavy atom. The summed E-state index contributed by atoms with van der Waals surface area (Å²) >= 11 is 0. The second kappa shape index (κ2) is 35.7. The van der Waals surface area contributed by atoms with Crippen LogP contribution in [0.5, 0.6) is 0 Å². The largest absolute Gasteiger partial charge is 0.312 e. The van der Waals surface area contributed by atoms with Gasteiger partial charge in [-0.2, -0.15) is 0 Å². The van der Waals surface area contributed by atoms with E-state index in [-0.39, 0.29) is 0 Å². The van der Waals surface area contributed by atoms with Crippen molar-refractivity contribution in [2.45, 2.75) is 206 Å². The van der Waals surface area contributed by atoms with Crippen LogP contribution in [-0.4, -0.2) is 6.54 Å². The molecule has 0 fully saturated rings. The maximum absolute atomic E-state index is 3.55. The van der Waals surface area contributed by atoms with E-state index in [1.807, 2.05) is 0 Å². The molecule has 0 aromatic rings.